The van der Waals surface area contributed by atoms with Crippen LogP contribution < -0.4 is 0 Å². The number of hydrogen-bond acceptors (Lipinski definition) is 2. The van der Waals surface area contributed by atoms with E-state index in [2.05, 4.69) is 6.92 Å². The first-order valence-corrected chi connectivity index (χ1v) is 6.60. The molecule has 1 saturated carbocycles. The second kappa shape index (κ2) is 6.89. The summed E-state index contributed by atoms with van der Waals surface area (Å²) in [5, 5.41) is 9.87. The van der Waals surface area contributed by atoms with Crippen LogP contribution >= 0.6 is 0 Å². The van der Waals surface area contributed by atoms with E-state index in [-0.39, 0.29) is 18.1 Å². The Balaban J connectivity index is 2.36. The van der Waals surface area contributed by atoms with Crippen molar-refractivity contribution in [2.75, 3.05) is 7.05 Å². The van der Waals surface area contributed by atoms with Crippen LogP contribution in [0.3, 0.4) is 0 Å². The molecule has 0 heterocycles. The van der Waals surface area contributed by atoms with Gasteiger partial charge in [-0.25, -0.2) is 0 Å². The van der Waals surface area contributed by atoms with E-state index in [4.69, 9.17) is 0 Å². The third-order valence-corrected chi connectivity index (χ3v) is 3.58. The van der Waals surface area contributed by atoms with Gasteiger partial charge in [0.05, 0.1) is 12.1 Å². The van der Waals surface area contributed by atoms with Gasteiger partial charge >= 0.3 is 0 Å². The fraction of sp³-hybridized carbons (Fsp3) is 0.923. The van der Waals surface area contributed by atoms with Crippen LogP contribution in [0.2, 0.25) is 0 Å². The first-order valence-electron chi connectivity index (χ1n) is 6.60. The van der Waals surface area contributed by atoms with Gasteiger partial charge in [0.2, 0.25) is 5.91 Å². The number of carbonyl (C=O) groups is 1. The molecule has 1 aliphatic carbocycles. The number of amides is 1. The molecule has 16 heavy (non-hydrogen) atoms. The lowest BCUT2D eigenvalue weighted by atomic mass is 9.91. The zero-order valence-corrected chi connectivity index (χ0v) is 10.6. The molecule has 1 aliphatic rings. The van der Waals surface area contributed by atoms with Gasteiger partial charge in [0.25, 0.3) is 0 Å². The quantitative estimate of drug-likeness (QED) is 0.732. The van der Waals surface area contributed by atoms with Crippen molar-refractivity contribution in [1.29, 1.82) is 0 Å². The van der Waals surface area contributed by atoms with Crippen molar-refractivity contribution in [2.24, 2.45) is 0 Å². The zero-order valence-electron chi connectivity index (χ0n) is 10.6. The molecule has 0 bridgehead atoms. The highest BCUT2D eigenvalue weighted by Crippen LogP contribution is 2.23. The van der Waals surface area contributed by atoms with Gasteiger partial charge in [0.15, 0.2) is 0 Å². The van der Waals surface area contributed by atoms with Gasteiger partial charge in [-0.1, -0.05) is 32.6 Å². The topological polar surface area (TPSA) is 40.5 Å². The molecule has 0 spiro atoms. The molecule has 2 atom stereocenters. The number of rotatable bonds is 5. The summed E-state index contributed by atoms with van der Waals surface area (Å²) in [7, 11) is 1.84. The van der Waals surface area contributed by atoms with Gasteiger partial charge < -0.3 is 10.0 Å². The largest absolute Gasteiger partial charge is 0.391 e. The second-order valence-electron chi connectivity index (χ2n) is 4.88. The smallest absolute Gasteiger partial charge is 0.222 e. The van der Waals surface area contributed by atoms with Crippen LogP contribution in [-0.2, 0) is 4.79 Å². The van der Waals surface area contributed by atoms with E-state index >= 15 is 0 Å². The minimum atomic E-state index is -0.311. The molecule has 1 fully saturated rings. The molecule has 0 aromatic carbocycles. The van der Waals surface area contributed by atoms with Crippen molar-refractivity contribution in [3.8, 4) is 0 Å². The minimum absolute atomic E-state index is 0.0582. The predicted molar refractivity (Wildman–Crippen MR) is 65.2 cm³/mol. The Kier molecular flexibility index (Phi) is 5.81. The molecule has 0 aliphatic heterocycles. The van der Waals surface area contributed by atoms with Gasteiger partial charge in [-0.05, 0) is 19.3 Å². The molecule has 1 amide bonds. The van der Waals surface area contributed by atoms with E-state index in [9.17, 15) is 9.90 Å². The maximum atomic E-state index is 11.9. The van der Waals surface area contributed by atoms with Crippen LogP contribution in [0.25, 0.3) is 0 Å². The average molecular weight is 227 g/mol. The summed E-state index contributed by atoms with van der Waals surface area (Å²) in [6.45, 7) is 2.14. The SMILES string of the molecule is CCCCCC(=O)N(C)C1CCCCC1O. The number of nitrogens with zero attached hydrogens (tertiary/aromatic N) is 1. The molecule has 1 N–H and O–H groups in total. The van der Waals surface area contributed by atoms with Gasteiger partial charge in [-0.15, -0.1) is 0 Å². The Bertz CT molecular complexity index is 218. The fourth-order valence-corrected chi connectivity index (χ4v) is 2.43. The number of aliphatic hydroxyl groups is 1. The summed E-state index contributed by atoms with van der Waals surface area (Å²) in [6, 6.07) is 0.0582. The lowest BCUT2D eigenvalue weighted by molar-refractivity contribution is -0.135. The lowest BCUT2D eigenvalue weighted by Crippen LogP contribution is -2.46. The third-order valence-electron chi connectivity index (χ3n) is 3.58. The van der Waals surface area contributed by atoms with Crippen molar-refractivity contribution < 1.29 is 9.90 Å². The summed E-state index contributed by atoms with van der Waals surface area (Å²) >= 11 is 0. The summed E-state index contributed by atoms with van der Waals surface area (Å²) in [4.78, 5) is 13.7. The number of carbonyl (C=O) groups excluding carboxylic acids is 1. The monoisotopic (exact) mass is 227 g/mol. The highest BCUT2D eigenvalue weighted by molar-refractivity contribution is 5.76. The van der Waals surface area contributed by atoms with Gasteiger partial charge in [0, 0.05) is 13.5 Å². The number of likely N-dealkylation sites (N-methyl/N-ethyl adjacent to an activating group) is 1. The normalized spacial score (nSPS) is 25.4. The van der Waals surface area contributed by atoms with E-state index in [1.165, 1.54) is 0 Å². The first kappa shape index (κ1) is 13.5. The standard InChI is InChI=1S/C13H25NO2/c1-3-4-5-10-13(16)14(2)11-8-6-7-9-12(11)15/h11-12,15H,3-10H2,1-2H3. The molecular formula is C13H25NO2. The van der Waals surface area contributed by atoms with Gasteiger partial charge in [-0.2, -0.15) is 0 Å². The Labute approximate surface area is 98.8 Å². The Hall–Kier alpha value is -0.570. The molecule has 2 unspecified atom stereocenters. The second-order valence-corrected chi connectivity index (χ2v) is 4.88. The molecular weight excluding hydrogens is 202 g/mol. The molecule has 0 aromatic rings. The Morgan fingerprint density at radius 3 is 2.62 bits per heavy atom. The number of unbranched alkanes of at least 4 members (excludes halogenated alkanes) is 2. The van der Waals surface area contributed by atoms with Crippen LogP contribution in [0.4, 0.5) is 0 Å². The Morgan fingerprint density at radius 1 is 1.31 bits per heavy atom. The van der Waals surface area contributed by atoms with Crippen molar-refractivity contribution in [3.05, 3.63) is 0 Å². The Morgan fingerprint density at radius 2 is 2.00 bits per heavy atom. The predicted octanol–water partition coefficient (Wildman–Crippen LogP) is 2.33. The van der Waals surface area contributed by atoms with E-state index in [1.807, 2.05) is 7.05 Å². The van der Waals surface area contributed by atoms with Crippen molar-refractivity contribution in [1.82, 2.24) is 4.90 Å². The average Bonchev–Trinajstić information content (AvgIpc) is 2.29. The summed E-state index contributed by atoms with van der Waals surface area (Å²) in [6.07, 6.45) is 7.58. The highest BCUT2D eigenvalue weighted by atomic mass is 16.3. The van der Waals surface area contributed by atoms with Crippen molar-refractivity contribution in [2.45, 2.75) is 70.4 Å². The highest BCUT2D eigenvalue weighted by Gasteiger charge is 2.28. The van der Waals surface area contributed by atoms with E-state index in [0.717, 1.165) is 44.9 Å². The number of aliphatic hydroxyl groups excluding tert-OH is 1. The van der Waals surface area contributed by atoms with E-state index in [0.29, 0.717) is 6.42 Å². The molecule has 0 saturated heterocycles. The van der Waals surface area contributed by atoms with Gasteiger partial charge in [-0.3, -0.25) is 4.79 Å². The van der Waals surface area contributed by atoms with Crippen LogP contribution in [-0.4, -0.2) is 35.1 Å². The maximum Gasteiger partial charge on any atom is 0.222 e. The molecule has 0 radical (unpaired) electrons. The van der Waals surface area contributed by atoms with Crippen molar-refractivity contribution >= 4 is 5.91 Å². The third kappa shape index (κ3) is 3.78. The van der Waals surface area contributed by atoms with Crippen LogP contribution in [0.5, 0.6) is 0 Å². The summed E-state index contributed by atoms with van der Waals surface area (Å²) < 4.78 is 0. The minimum Gasteiger partial charge on any atom is -0.391 e. The maximum absolute atomic E-state index is 11.9. The van der Waals surface area contributed by atoms with Crippen LogP contribution in [0.1, 0.15) is 58.3 Å². The number of hydrogen-bond donors (Lipinski definition) is 1. The van der Waals surface area contributed by atoms with Crippen LogP contribution in [0, 0.1) is 0 Å². The fourth-order valence-electron chi connectivity index (χ4n) is 2.43. The molecule has 94 valence electrons. The van der Waals surface area contributed by atoms with Crippen molar-refractivity contribution in [3.63, 3.8) is 0 Å². The summed E-state index contributed by atoms with van der Waals surface area (Å²) in [5.41, 5.74) is 0. The van der Waals surface area contributed by atoms with Crippen LogP contribution in [0.15, 0.2) is 0 Å². The lowest BCUT2D eigenvalue weighted by Gasteiger charge is -2.35. The molecule has 1 rings (SSSR count). The first-order chi connectivity index (χ1) is 7.66. The zero-order chi connectivity index (χ0) is 12.0. The molecule has 0 aromatic heterocycles. The molecule has 3 heteroatoms. The van der Waals surface area contributed by atoms with E-state index < -0.39 is 0 Å². The summed E-state index contributed by atoms with van der Waals surface area (Å²) in [5.74, 6) is 0.194. The van der Waals surface area contributed by atoms with Gasteiger partial charge in [0.1, 0.15) is 0 Å². The molecule has 3 nitrogen and oxygen atoms in total. The van der Waals surface area contributed by atoms with E-state index in [1.54, 1.807) is 4.90 Å².